The molecular weight excluding hydrogens is 294 g/mol. The van der Waals surface area contributed by atoms with Crippen LogP contribution in [-0.2, 0) is 9.59 Å². The van der Waals surface area contributed by atoms with Crippen LogP contribution in [0.2, 0.25) is 0 Å². The van der Waals surface area contributed by atoms with Gasteiger partial charge in [-0.2, -0.15) is 0 Å². The monoisotopic (exact) mass is 321 g/mol. The minimum Gasteiger partial charge on any atom is -0.481 e. The van der Waals surface area contributed by atoms with Crippen LogP contribution in [0.5, 0.6) is 0 Å². The molecule has 1 aromatic heterocycles. The first kappa shape index (κ1) is 17.6. The molecule has 0 saturated heterocycles. The maximum Gasteiger partial charge on any atom is 0.304 e. The molecule has 1 heterocycles. The lowest BCUT2D eigenvalue weighted by Crippen LogP contribution is -2.46. The Morgan fingerprint density at radius 3 is 2.52 bits per heavy atom. The van der Waals surface area contributed by atoms with E-state index in [4.69, 9.17) is 4.42 Å². The predicted molar refractivity (Wildman–Crippen MR) is 86.9 cm³/mol. The number of carbonyl (C=O) groups is 2. The van der Waals surface area contributed by atoms with Crippen LogP contribution in [0.3, 0.4) is 0 Å². The van der Waals surface area contributed by atoms with Crippen molar-refractivity contribution in [2.24, 2.45) is 11.3 Å². The fraction of sp³-hybridized carbons (Fsp3) is 0.667. The third-order valence-electron chi connectivity index (χ3n) is 5.08. The van der Waals surface area contributed by atoms with Crippen molar-refractivity contribution in [3.63, 3.8) is 0 Å². The molecule has 2 unspecified atom stereocenters. The zero-order chi connectivity index (χ0) is 17.0. The normalized spacial score (nSPS) is 19.8. The largest absolute Gasteiger partial charge is 0.481 e. The van der Waals surface area contributed by atoms with Gasteiger partial charge in [-0.25, -0.2) is 0 Å². The Labute approximate surface area is 137 Å². The van der Waals surface area contributed by atoms with Crippen LogP contribution in [0.15, 0.2) is 16.5 Å². The van der Waals surface area contributed by atoms with Crippen LogP contribution in [0.4, 0.5) is 0 Å². The molecule has 0 aromatic carbocycles. The van der Waals surface area contributed by atoms with Gasteiger partial charge in [0, 0.05) is 0 Å². The third kappa shape index (κ3) is 4.15. The summed E-state index contributed by atoms with van der Waals surface area (Å²) in [5.74, 6) is 0.500. The topological polar surface area (TPSA) is 79.5 Å². The number of carboxylic acids is 1. The Morgan fingerprint density at radius 2 is 2.00 bits per heavy atom. The summed E-state index contributed by atoms with van der Waals surface area (Å²) < 4.78 is 5.55. The number of carboxylic acid groups (broad SMARTS) is 1. The van der Waals surface area contributed by atoms with Gasteiger partial charge in [-0.05, 0) is 51.7 Å². The highest BCUT2D eigenvalue weighted by Gasteiger charge is 2.43. The summed E-state index contributed by atoms with van der Waals surface area (Å²) in [6.07, 6.45) is 5.02. The summed E-state index contributed by atoms with van der Waals surface area (Å²) in [4.78, 5) is 24.2. The van der Waals surface area contributed by atoms with Crippen molar-refractivity contribution in [1.29, 1.82) is 0 Å². The number of nitrogens with one attached hydrogen (secondary N) is 1. The van der Waals surface area contributed by atoms with E-state index in [0.717, 1.165) is 31.4 Å². The van der Waals surface area contributed by atoms with Gasteiger partial charge in [0.05, 0.1) is 17.9 Å². The van der Waals surface area contributed by atoms with Gasteiger partial charge in [-0.15, -0.1) is 0 Å². The molecule has 0 radical (unpaired) electrons. The molecule has 0 aliphatic heterocycles. The molecule has 0 spiro atoms. The summed E-state index contributed by atoms with van der Waals surface area (Å²) in [6, 6.07) is 3.43. The Kier molecular flexibility index (Phi) is 5.50. The highest BCUT2D eigenvalue weighted by Crippen LogP contribution is 2.41. The van der Waals surface area contributed by atoms with E-state index in [2.05, 4.69) is 5.32 Å². The van der Waals surface area contributed by atoms with Crippen LogP contribution in [0.25, 0.3) is 0 Å². The van der Waals surface area contributed by atoms with Crippen LogP contribution in [0, 0.1) is 18.3 Å². The fourth-order valence-electron chi connectivity index (χ4n) is 3.58. The van der Waals surface area contributed by atoms with Gasteiger partial charge in [-0.3, -0.25) is 9.59 Å². The van der Waals surface area contributed by atoms with Crippen molar-refractivity contribution in [1.82, 2.24) is 5.32 Å². The number of aliphatic carboxylic acids is 1. The first-order valence-electron chi connectivity index (χ1n) is 8.42. The molecule has 0 bridgehead atoms. The van der Waals surface area contributed by atoms with Crippen molar-refractivity contribution in [3.05, 3.63) is 23.7 Å². The first-order valence-corrected chi connectivity index (χ1v) is 8.42. The predicted octanol–water partition coefficient (Wildman–Crippen LogP) is 3.83. The molecule has 5 nitrogen and oxygen atoms in total. The number of hydrogen-bond acceptors (Lipinski definition) is 3. The van der Waals surface area contributed by atoms with Crippen LogP contribution < -0.4 is 5.32 Å². The van der Waals surface area contributed by atoms with Gasteiger partial charge in [-0.1, -0.05) is 19.3 Å². The quantitative estimate of drug-likeness (QED) is 0.834. The number of hydrogen-bond donors (Lipinski definition) is 2. The Morgan fingerprint density at radius 1 is 1.35 bits per heavy atom. The summed E-state index contributed by atoms with van der Waals surface area (Å²) in [5.41, 5.74) is -0.873. The molecule has 23 heavy (non-hydrogen) atoms. The maximum atomic E-state index is 12.9. The second-order valence-corrected chi connectivity index (χ2v) is 6.97. The molecule has 1 aromatic rings. The number of furan rings is 1. The van der Waals surface area contributed by atoms with E-state index in [1.165, 1.54) is 6.42 Å². The lowest BCUT2D eigenvalue weighted by Gasteiger charge is -2.38. The number of carbonyl (C=O) groups excluding carboxylic acids is 1. The van der Waals surface area contributed by atoms with Crippen LogP contribution in [0.1, 0.15) is 69.9 Å². The van der Waals surface area contributed by atoms with E-state index in [-0.39, 0.29) is 24.3 Å². The third-order valence-corrected chi connectivity index (χ3v) is 5.08. The standard InChI is InChI=1S/C18H27NO4/c1-12-9-10-15(23-12)13(2)19-17(22)18(3,11-16(20)21)14-7-5-4-6-8-14/h9-10,13-14H,4-8,11H2,1-3H3,(H,19,22)(H,20,21). The molecule has 2 atom stereocenters. The van der Waals surface area contributed by atoms with E-state index in [1.807, 2.05) is 26.0 Å². The van der Waals surface area contributed by atoms with E-state index in [1.54, 1.807) is 6.92 Å². The number of rotatable bonds is 6. The zero-order valence-corrected chi connectivity index (χ0v) is 14.2. The van der Waals surface area contributed by atoms with Gasteiger partial charge in [0.15, 0.2) is 0 Å². The fourth-order valence-corrected chi connectivity index (χ4v) is 3.58. The molecule has 1 amide bonds. The number of amides is 1. The number of aryl methyl sites for hydroxylation is 1. The molecule has 2 rings (SSSR count). The van der Waals surface area contributed by atoms with Gasteiger partial charge >= 0.3 is 5.97 Å². The SMILES string of the molecule is Cc1ccc(C(C)NC(=O)C(C)(CC(=O)O)C2CCCCC2)o1. The molecular formula is C18H27NO4. The lowest BCUT2D eigenvalue weighted by molar-refractivity contribution is -0.148. The Bertz CT molecular complexity index is 559. The summed E-state index contributed by atoms with van der Waals surface area (Å²) in [5, 5.41) is 12.2. The average Bonchev–Trinajstić information content (AvgIpc) is 2.94. The summed E-state index contributed by atoms with van der Waals surface area (Å²) in [6.45, 7) is 5.51. The van der Waals surface area contributed by atoms with E-state index in [9.17, 15) is 14.7 Å². The molecule has 2 N–H and O–H groups in total. The van der Waals surface area contributed by atoms with Crippen molar-refractivity contribution in [3.8, 4) is 0 Å². The molecule has 1 saturated carbocycles. The molecule has 1 fully saturated rings. The minimum atomic E-state index is -0.922. The molecule has 1 aliphatic rings. The van der Waals surface area contributed by atoms with Crippen molar-refractivity contribution >= 4 is 11.9 Å². The minimum absolute atomic E-state index is 0.123. The van der Waals surface area contributed by atoms with Gasteiger partial charge < -0.3 is 14.8 Å². The molecule has 5 heteroatoms. The Hall–Kier alpha value is -1.78. The second kappa shape index (κ2) is 7.20. The molecule has 1 aliphatic carbocycles. The Balaban J connectivity index is 2.13. The highest BCUT2D eigenvalue weighted by molar-refractivity contribution is 5.87. The van der Waals surface area contributed by atoms with Crippen molar-refractivity contribution < 1.29 is 19.1 Å². The first-order chi connectivity index (χ1) is 10.8. The van der Waals surface area contributed by atoms with E-state index >= 15 is 0 Å². The zero-order valence-electron chi connectivity index (χ0n) is 14.2. The smallest absolute Gasteiger partial charge is 0.304 e. The van der Waals surface area contributed by atoms with Crippen molar-refractivity contribution in [2.45, 2.75) is 65.3 Å². The van der Waals surface area contributed by atoms with Crippen LogP contribution in [-0.4, -0.2) is 17.0 Å². The van der Waals surface area contributed by atoms with Crippen LogP contribution >= 0.6 is 0 Å². The highest BCUT2D eigenvalue weighted by atomic mass is 16.4. The van der Waals surface area contributed by atoms with Gasteiger partial charge in [0.2, 0.25) is 5.91 Å². The lowest BCUT2D eigenvalue weighted by atomic mass is 9.67. The summed E-state index contributed by atoms with van der Waals surface area (Å²) in [7, 11) is 0. The maximum absolute atomic E-state index is 12.9. The second-order valence-electron chi connectivity index (χ2n) is 6.97. The van der Waals surface area contributed by atoms with E-state index in [0.29, 0.717) is 5.76 Å². The van der Waals surface area contributed by atoms with Gasteiger partial charge in [0.25, 0.3) is 0 Å². The molecule has 128 valence electrons. The summed E-state index contributed by atoms with van der Waals surface area (Å²) >= 11 is 0. The average molecular weight is 321 g/mol. The van der Waals surface area contributed by atoms with E-state index < -0.39 is 11.4 Å². The van der Waals surface area contributed by atoms with Gasteiger partial charge in [0.1, 0.15) is 11.5 Å². The van der Waals surface area contributed by atoms with Crippen molar-refractivity contribution in [2.75, 3.05) is 0 Å².